The van der Waals surface area contributed by atoms with Crippen LogP contribution in [0.4, 0.5) is 0 Å². The maximum absolute atomic E-state index is 12.0. The van der Waals surface area contributed by atoms with Gasteiger partial charge < -0.3 is 5.32 Å². The van der Waals surface area contributed by atoms with Crippen LogP contribution in [0.25, 0.3) is 10.9 Å². The van der Waals surface area contributed by atoms with Crippen LogP contribution >= 0.6 is 0 Å². The lowest BCUT2D eigenvalue weighted by Gasteiger charge is -2.10. The van der Waals surface area contributed by atoms with E-state index in [-0.39, 0.29) is 5.78 Å². The van der Waals surface area contributed by atoms with Gasteiger partial charge in [0.1, 0.15) is 0 Å². The number of fused-ring (bicyclic) bond motifs is 1. The number of Topliss-reactive ketones (excluding diaryl/α,β-unsaturated/α-hetero) is 1. The number of carbonyl (C=O) groups is 1. The van der Waals surface area contributed by atoms with Crippen molar-refractivity contribution in [3.8, 4) is 0 Å². The van der Waals surface area contributed by atoms with E-state index in [0.29, 0.717) is 19.0 Å². The lowest BCUT2D eigenvalue weighted by Crippen LogP contribution is -2.31. The van der Waals surface area contributed by atoms with Gasteiger partial charge in [-0.3, -0.25) is 9.78 Å². The lowest BCUT2D eigenvalue weighted by atomic mass is 10.0. The Bertz CT molecular complexity index is 560. The zero-order valence-corrected chi connectivity index (χ0v) is 11.5. The van der Waals surface area contributed by atoms with Gasteiger partial charge in [0.05, 0.1) is 12.1 Å². The monoisotopic (exact) mass is 256 g/mol. The molecule has 0 saturated carbocycles. The molecule has 0 amide bonds. The summed E-state index contributed by atoms with van der Waals surface area (Å²) < 4.78 is 0. The molecule has 3 nitrogen and oxygen atoms in total. The summed E-state index contributed by atoms with van der Waals surface area (Å²) in [5, 5.41) is 4.31. The van der Waals surface area contributed by atoms with Crippen molar-refractivity contribution in [1.29, 1.82) is 0 Å². The normalized spacial score (nSPS) is 12.5. The van der Waals surface area contributed by atoms with E-state index in [4.69, 9.17) is 0 Å². The number of rotatable bonds is 6. The molecule has 100 valence electrons. The molecule has 2 aromatic rings. The number of pyridine rings is 1. The van der Waals surface area contributed by atoms with Crippen molar-refractivity contribution in [1.82, 2.24) is 10.3 Å². The highest BCUT2D eigenvalue weighted by molar-refractivity contribution is 5.89. The second-order valence-corrected chi connectivity index (χ2v) is 4.89. The SMILES string of the molecule is CCC(C)NCC(=O)Cc1ccnc2ccccc12. The minimum Gasteiger partial charge on any atom is -0.307 e. The summed E-state index contributed by atoms with van der Waals surface area (Å²) in [7, 11) is 0. The molecule has 0 radical (unpaired) electrons. The highest BCUT2D eigenvalue weighted by Gasteiger charge is 2.08. The van der Waals surface area contributed by atoms with Gasteiger partial charge in [0.25, 0.3) is 0 Å². The first-order valence-electron chi connectivity index (χ1n) is 6.78. The average Bonchev–Trinajstić information content (AvgIpc) is 2.45. The van der Waals surface area contributed by atoms with Crippen molar-refractivity contribution in [3.05, 3.63) is 42.1 Å². The molecular formula is C16H20N2O. The first-order valence-corrected chi connectivity index (χ1v) is 6.78. The fraction of sp³-hybridized carbons (Fsp3) is 0.375. The number of hydrogen-bond donors (Lipinski definition) is 1. The fourth-order valence-electron chi connectivity index (χ4n) is 2.02. The van der Waals surface area contributed by atoms with Crippen LogP contribution in [0.2, 0.25) is 0 Å². The second kappa shape index (κ2) is 6.43. The van der Waals surface area contributed by atoms with Crippen molar-refractivity contribution in [2.75, 3.05) is 6.54 Å². The maximum atomic E-state index is 12.0. The molecule has 1 heterocycles. The van der Waals surface area contributed by atoms with E-state index in [1.165, 1.54) is 0 Å². The molecule has 0 aliphatic carbocycles. The van der Waals surface area contributed by atoms with Crippen LogP contribution in [-0.2, 0) is 11.2 Å². The minimum atomic E-state index is 0.219. The molecule has 0 fully saturated rings. The van der Waals surface area contributed by atoms with Crippen molar-refractivity contribution in [2.45, 2.75) is 32.7 Å². The number of nitrogens with zero attached hydrogens (tertiary/aromatic N) is 1. The first kappa shape index (κ1) is 13.7. The van der Waals surface area contributed by atoms with Crippen molar-refractivity contribution in [2.24, 2.45) is 0 Å². The van der Waals surface area contributed by atoms with Gasteiger partial charge in [-0.05, 0) is 31.0 Å². The Morgan fingerprint density at radius 1 is 1.32 bits per heavy atom. The minimum absolute atomic E-state index is 0.219. The molecular weight excluding hydrogens is 236 g/mol. The number of aromatic nitrogens is 1. The van der Waals surface area contributed by atoms with Crippen molar-refractivity contribution < 1.29 is 4.79 Å². The third kappa shape index (κ3) is 3.61. The van der Waals surface area contributed by atoms with Gasteiger partial charge in [-0.25, -0.2) is 0 Å². The number of para-hydroxylation sites is 1. The van der Waals surface area contributed by atoms with E-state index < -0.39 is 0 Å². The van der Waals surface area contributed by atoms with Crippen LogP contribution < -0.4 is 5.32 Å². The van der Waals surface area contributed by atoms with Crippen LogP contribution in [0.5, 0.6) is 0 Å². The van der Waals surface area contributed by atoms with Crippen LogP contribution in [0, 0.1) is 0 Å². The summed E-state index contributed by atoms with van der Waals surface area (Å²) in [6.07, 6.45) is 3.27. The molecule has 1 aromatic heterocycles. The fourth-order valence-corrected chi connectivity index (χ4v) is 2.02. The molecule has 1 N–H and O–H groups in total. The predicted molar refractivity (Wildman–Crippen MR) is 78.2 cm³/mol. The average molecular weight is 256 g/mol. The van der Waals surface area contributed by atoms with Gasteiger partial charge in [0.2, 0.25) is 0 Å². The lowest BCUT2D eigenvalue weighted by molar-refractivity contribution is -0.117. The van der Waals surface area contributed by atoms with E-state index in [1.807, 2.05) is 30.3 Å². The molecule has 0 aliphatic rings. The Kier molecular flexibility index (Phi) is 4.63. The second-order valence-electron chi connectivity index (χ2n) is 4.89. The number of benzene rings is 1. The van der Waals surface area contributed by atoms with Crippen LogP contribution in [0.1, 0.15) is 25.8 Å². The molecule has 2 rings (SSSR count). The summed E-state index contributed by atoms with van der Waals surface area (Å²) in [6, 6.07) is 10.3. The molecule has 1 atom stereocenters. The molecule has 1 aromatic carbocycles. The third-order valence-electron chi connectivity index (χ3n) is 3.39. The molecule has 1 unspecified atom stereocenters. The van der Waals surface area contributed by atoms with Crippen LogP contribution in [-0.4, -0.2) is 23.4 Å². The Labute approximate surface area is 114 Å². The zero-order valence-electron chi connectivity index (χ0n) is 11.5. The van der Waals surface area contributed by atoms with Gasteiger partial charge in [0.15, 0.2) is 5.78 Å². The Balaban J connectivity index is 2.07. The van der Waals surface area contributed by atoms with E-state index in [2.05, 4.69) is 24.1 Å². The number of hydrogen-bond acceptors (Lipinski definition) is 3. The largest absolute Gasteiger partial charge is 0.307 e. The quantitative estimate of drug-likeness (QED) is 0.864. The molecule has 19 heavy (non-hydrogen) atoms. The number of ketones is 1. The van der Waals surface area contributed by atoms with Crippen LogP contribution in [0.3, 0.4) is 0 Å². The van der Waals surface area contributed by atoms with Gasteiger partial charge >= 0.3 is 0 Å². The molecule has 0 spiro atoms. The Morgan fingerprint density at radius 3 is 2.89 bits per heavy atom. The van der Waals surface area contributed by atoms with Gasteiger partial charge in [-0.2, -0.15) is 0 Å². The maximum Gasteiger partial charge on any atom is 0.151 e. The molecule has 3 heteroatoms. The van der Waals surface area contributed by atoms with Crippen molar-refractivity contribution >= 4 is 16.7 Å². The highest BCUT2D eigenvalue weighted by atomic mass is 16.1. The third-order valence-corrected chi connectivity index (χ3v) is 3.39. The molecule has 0 aliphatic heterocycles. The summed E-state index contributed by atoms with van der Waals surface area (Å²) in [4.78, 5) is 16.3. The molecule has 0 saturated heterocycles. The Hall–Kier alpha value is -1.74. The summed E-state index contributed by atoms with van der Waals surface area (Å²) in [5.74, 6) is 0.219. The highest BCUT2D eigenvalue weighted by Crippen LogP contribution is 2.16. The Morgan fingerprint density at radius 2 is 2.11 bits per heavy atom. The van der Waals surface area contributed by atoms with E-state index in [0.717, 1.165) is 22.9 Å². The number of nitrogens with one attached hydrogen (secondary N) is 1. The number of carbonyl (C=O) groups excluding carboxylic acids is 1. The first-order chi connectivity index (χ1) is 9.20. The summed E-state index contributed by atoms with van der Waals surface area (Å²) >= 11 is 0. The van der Waals surface area contributed by atoms with Crippen molar-refractivity contribution in [3.63, 3.8) is 0 Å². The van der Waals surface area contributed by atoms with E-state index in [9.17, 15) is 4.79 Å². The standard InChI is InChI=1S/C16H20N2O/c1-3-12(2)18-11-14(19)10-13-8-9-17-16-7-5-4-6-15(13)16/h4-9,12,18H,3,10-11H2,1-2H3. The van der Waals surface area contributed by atoms with Gasteiger partial charge in [-0.15, -0.1) is 0 Å². The van der Waals surface area contributed by atoms with Crippen LogP contribution in [0.15, 0.2) is 36.5 Å². The van der Waals surface area contributed by atoms with E-state index in [1.54, 1.807) is 6.20 Å². The van der Waals surface area contributed by atoms with Gasteiger partial charge in [0, 0.05) is 24.0 Å². The summed E-state index contributed by atoms with van der Waals surface area (Å²) in [5.41, 5.74) is 2.00. The smallest absolute Gasteiger partial charge is 0.151 e. The topological polar surface area (TPSA) is 42.0 Å². The zero-order chi connectivity index (χ0) is 13.7. The molecule has 0 bridgehead atoms. The van der Waals surface area contributed by atoms with Gasteiger partial charge in [-0.1, -0.05) is 25.1 Å². The summed E-state index contributed by atoms with van der Waals surface area (Å²) in [6.45, 7) is 4.64. The van der Waals surface area contributed by atoms with E-state index >= 15 is 0 Å². The predicted octanol–water partition coefficient (Wildman–Crippen LogP) is 2.73.